The number of nitrogens with one attached hydrogen (secondary N) is 2. The van der Waals surface area contributed by atoms with Crippen molar-refractivity contribution >= 4 is 45.4 Å². The minimum Gasteiger partial charge on any atom is -0.480 e. The molecule has 0 unspecified atom stereocenters. The molecule has 0 bridgehead atoms. The molecule has 37 heavy (non-hydrogen) atoms. The van der Waals surface area contributed by atoms with E-state index in [0.29, 0.717) is 39.6 Å². The number of morpholine rings is 1. The first-order valence-corrected chi connectivity index (χ1v) is 12.8. The van der Waals surface area contributed by atoms with Gasteiger partial charge in [-0.1, -0.05) is 11.6 Å². The van der Waals surface area contributed by atoms with E-state index < -0.39 is 24.1 Å². The molecule has 3 aliphatic rings. The second-order valence-corrected chi connectivity index (χ2v) is 10.5. The Hall–Kier alpha value is -3.11. The second kappa shape index (κ2) is 9.02. The van der Waals surface area contributed by atoms with Crippen LogP contribution in [0.4, 0.5) is 31.7 Å². The van der Waals surface area contributed by atoms with E-state index in [-0.39, 0.29) is 17.8 Å². The number of nitrogens with zero attached hydrogens (tertiary/aromatic N) is 3. The molecule has 2 atom stereocenters. The third-order valence-corrected chi connectivity index (χ3v) is 7.60. The Morgan fingerprint density at radius 3 is 2.84 bits per heavy atom. The van der Waals surface area contributed by atoms with E-state index in [4.69, 9.17) is 21.1 Å². The van der Waals surface area contributed by atoms with Gasteiger partial charge >= 0.3 is 5.92 Å². The SMILES string of the molecule is C[C@@H]1CN(c2cc(Nc3ccc4c(c3)c3c(c(=O)n4C)OCC(F)(F)[C@H](C4CC4)N3)c(Cl)cn2)CCO1. The first-order chi connectivity index (χ1) is 17.7. The Morgan fingerprint density at radius 1 is 1.27 bits per heavy atom. The smallest absolute Gasteiger partial charge is 0.301 e. The van der Waals surface area contributed by atoms with E-state index in [1.165, 1.54) is 4.57 Å². The summed E-state index contributed by atoms with van der Waals surface area (Å²) in [5.74, 6) is -2.54. The van der Waals surface area contributed by atoms with Crippen molar-refractivity contribution in [1.29, 1.82) is 0 Å². The molecule has 0 radical (unpaired) electrons. The van der Waals surface area contributed by atoms with Gasteiger partial charge in [-0.2, -0.15) is 0 Å². The number of hydrogen-bond donors (Lipinski definition) is 2. The molecule has 2 aromatic heterocycles. The topological polar surface area (TPSA) is 80.7 Å². The highest BCUT2D eigenvalue weighted by molar-refractivity contribution is 6.33. The largest absolute Gasteiger partial charge is 0.480 e. The summed E-state index contributed by atoms with van der Waals surface area (Å²) in [6, 6.07) is 6.23. The fraction of sp³-hybridized carbons (Fsp3) is 0.462. The molecule has 1 aromatic carbocycles. The number of anilines is 4. The van der Waals surface area contributed by atoms with Crippen molar-refractivity contribution in [3.8, 4) is 5.75 Å². The van der Waals surface area contributed by atoms with Crippen molar-refractivity contribution in [2.45, 2.75) is 37.8 Å². The average Bonchev–Trinajstić information content (AvgIpc) is 3.71. The van der Waals surface area contributed by atoms with Crippen LogP contribution in [0.3, 0.4) is 0 Å². The maximum atomic E-state index is 14.9. The van der Waals surface area contributed by atoms with E-state index in [1.807, 2.05) is 25.1 Å². The molecule has 11 heteroatoms. The van der Waals surface area contributed by atoms with Gasteiger partial charge in [-0.15, -0.1) is 0 Å². The standard InChI is InChI=1S/C26H28ClF2N5O3/c1-14-12-34(7-8-36-14)21-10-19(18(27)11-30-21)31-16-5-6-20-17(9-16)22-23(25(35)33(20)2)37-13-26(28,29)24(32-22)15-3-4-15/h5-6,9-11,14-15,24,32H,3-4,7-8,12-13H2,1-2H3,(H,30,31)/t14-,24+/m1/s1. The highest BCUT2D eigenvalue weighted by atomic mass is 35.5. The van der Waals surface area contributed by atoms with Crippen LogP contribution >= 0.6 is 11.6 Å². The Morgan fingerprint density at radius 2 is 2.08 bits per heavy atom. The third-order valence-electron chi connectivity index (χ3n) is 7.30. The fourth-order valence-electron chi connectivity index (χ4n) is 5.16. The number of halogens is 3. The maximum Gasteiger partial charge on any atom is 0.301 e. The Labute approximate surface area is 217 Å². The van der Waals surface area contributed by atoms with Crippen LogP contribution in [0.5, 0.6) is 5.75 Å². The van der Waals surface area contributed by atoms with Gasteiger partial charge in [0.05, 0.1) is 46.9 Å². The van der Waals surface area contributed by atoms with E-state index in [1.54, 1.807) is 19.3 Å². The van der Waals surface area contributed by atoms with E-state index in [2.05, 4.69) is 20.5 Å². The van der Waals surface area contributed by atoms with Crippen LogP contribution in [-0.2, 0) is 11.8 Å². The number of ether oxygens (including phenoxy) is 2. The molecule has 8 nitrogen and oxygen atoms in total. The highest BCUT2D eigenvalue weighted by Crippen LogP contribution is 2.45. The van der Waals surface area contributed by atoms with Gasteiger partial charge in [-0.05, 0) is 43.9 Å². The van der Waals surface area contributed by atoms with Crippen LogP contribution in [-0.4, -0.2) is 53.9 Å². The van der Waals surface area contributed by atoms with Gasteiger partial charge in [0, 0.05) is 37.3 Å². The second-order valence-electron chi connectivity index (χ2n) is 10.1. The van der Waals surface area contributed by atoms with E-state index in [9.17, 15) is 13.6 Å². The molecule has 0 spiro atoms. The predicted octanol–water partition coefficient (Wildman–Crippen LogP) is 4.77. The van der Waals surface area contributed by atoms with Crippen LogP contribution < -0.4 is 25.8 Å². The zero-order valence-electron chi connectivity index (χ0n) is 20.6. The highest BCUT2D eigenvalue weighted by Gasteiger charge is 2.51. The summed E-state index contributed by atoms with van der Waals surface area (Å²) in [6.07, 6.45) is 3.16. The van der Waals surface area contributed by atoms with Gasteiger partial charge in [0.15, 0.2) is 6.61 Å². The third kappa shape index (κ3) is 4.46. The van der Waals surface area contributed by atoms with Crippen LogP contribution in [0, 0.1) is 5.92 Å². The molecule has 1 saturated carbocycles. The molecule has 0 amide bonds. The maximum absolute atomic E-state index is 14.9. The predicted molar refractivity (Wildman–Crippen MR) is 140 cm³/mol. The summed E-state index contributed by atoms with van der Waals surface area (Å²) in [6.45, 7) is 3.27. The summed E-state index contributed by atoms with van der Waals surface area (Å²) in [4.78, 5) is 19.6. The monoisotopic (exact) mass is 531 g/mol. The summed E-state index contributed by atoms with van der Waals surface area (Å²) < 4.78 is 42.3. The lowest BCUT2D eigenvalue weighted by Crippen LogP contribution is -2.44. The van der Waals surface area contributed by atoms with Crippen molar-refractivity contribution < 1.29 is 18.3 Å². The molecule has 1 aliphatic carbocycles. The van der Waals surface area contributed by atoms with E-state index in [0.717, 1.165) is 31.7 Å². The zero-order chi connectivity index (χ0) is 25.9. The molecular weight excluding hydrogens is 504 g/mol. The van der Waals surface area contributed by atoms with E-state index >= 15 is 0 Å². The quantitative estimate of drug-likeness (QED) is 0.502. The molecule has 2 aliphatic heterocycles. The molecule has 2 fully saturated rings. The number of rotatable bonds is 4. The number of hydrogen-bond acceptors (Lipinski definition) is 7. The fourth-order valence-corrected chi connectivity index (χ4v) is 5.32. The van der Waals surface area contributed by atoms with Gasteiger partial charge in [0.25, 0.3) is 5.56 Å². The normalized spacial score (nSPS) is 23.1. The Balaban J connectivity index is 1.39. The van der Waals surface area contributed by atoms with Crippen LogP contribution in [0.25, 0.3) is 10.9 Å². The molecule has 4 heterocycles. The Bertz CT molecular complexity index is 1430. The summed E-state index contributed by atoms with van der Waals surface area (Å²) >= 11 is 6.48. The molecule has 1 saturated heterocycles. The number of alkyl halides is 2. The van der Waals surface area contributed by atoms with Gasteiger partial charge < -0.3 is 29.6 Å². The lowest BCUT2D eigenvalue weighted by molar-refractivity contribution is -0.0579. The van der Waals surface area contributed by atoms with Crippen LogP contribution in [0.1, 0.15) is 19.8 Å². The minimum absolute atomic E-state index is 0.0827. The Kier molecular flexibility index (Phi) is 5.91. The first kappa shape index (κ1) is 24.2. The number of fused-ring (bicyclic) bond motifs is 3. The van der Waals surface area contributed by atoms with Gasteiger partial charge in [0.1, 0.15) is 5.82 Å². The molecule has 6 rings (SSSR count). The molecular formula is C26H28ClF2N5O3. The zero-order valence-corrected chi connectivity index (χ0v) is 21.3. The summed E-state index contributed by atoms with van der Waals surface area (Å²) in [5.41, 5.74) is 1.80. The van der Waals surface area contributed by atoms with Crippen LogP contribution in [0.2, 0.25) is 5.02 Å². The number of pyridine rings is 2. The first-order valence-electron chi connectivity index (χ1n) is 12.4. The number of aryl methyl sites for hydroxylation is 1. The number of aromatic nitrogens is 2. The lowest BCUT2D eigenvalue weighted by Gasteiger charge is -2.32. The summed E-state index contributed by atoms with van der Waals surface area (Å²) in [7, 11) is 1.61. The van der Waals surface area contributed by atoms with Crippen molar-refractivity contribution in [2.75, 3.05) is 41.8 Å². The lowest BCUT2D eigenvalue weighted by atomic mass is 10.0. The van der Waals surface area contributed by atoms with Crippen molar-refractivity contribution in [3.05, 3.63) is 45.8 Å². The minimum atomic E-state index is -3.09. The van der Waals surface area contributed by atoms with Crippen molar-refractivity contribution in [2.24, 2.45) is 13.0 Å². The average molecular weight is 532 g/mol. The summed E-state index contributed by atoms with van der Waals surface area (Å²) in [5, 5.41) is 7.40. The van der Waals surface area contributed by atoms with Gasteiger partial charge in [-0.3, -0.25) is 4.79 Å². The van der Waals surface area contributed by atoms with Gasteiger partial charge in [-0.25, -0.2) is 13.8 Å². The molecule has 2 N–H and O–H groups in total. The molecule has 196 valence electrons. The molecule has 3 aromatic rings. The van der Waals surface area contributed by atoms with Crippen LogP contribution in [0.15, 0.2) is 35.3 Å². The van der Waals surface area contributed by atoms with Crippen molar-refractivity contribution in [3.63, 3.8) is 0 Å². The van der Waals surface area contributed by atoms with Crippen molar-refractivity contribution in [1.82, 2.24) is 9.55 Å². The van der Waals surface area contributed by atoms with Gasteiger partial charge in [0.2, 0.25) is 5.75 Å². The number of benzene rings is 1.